The van der Waals surface area contributed by atoms with Crippen molar-refractivity contribution in [2.75, 3.05) is 0 Å². The Morgan fingerprint density at radius 2 is 0.757 bits per heavy atom. The quantitative estimate of drug-likeness (QED) is 0.150. The zero-order chi connectivity index (χ0) is 46.2. The number of furan rings is 1. The lowest BCUT2D eigenvalue weighted by molar-refractivity contribution is 0.669. The van der Waals surface area contributed by atoms with Gasteiger partial charge in [0, 0.05) is 27.5 Å². The first-order chi connectivity index (χ1) is 34.7. The van der Waals surface area contributed by atoms with Gasteiger partial charge in [0.15, 0.2) is 17.5 Å². The average Bonchev–Trinajstić information content (AvgIpc) is 3.97. The van der Waals surface area contributed by atoms with E-state index in [2.05, 4.69) is 176 Å². The molecule has 0 saturated carbocycles. The molecule has 2 heterocycles. The van der Waals surface area contributed by atoms with E-state index in [0.29, 0.717) is 17.5 Å². The largest absolute Gasteiger partial charge is 0.456 e. The molecule has 0 fully saturated rings. The second kappa shape index (κ2) is 15.9. The van der Waals surface area contributed by atoms with Crippen LogP contribution in [-0.4, -0.2) is 15.0 Å². The predicted octanol–water partition coefficient (Wildman–Crippen LogP) is 16.8. The van der Waals surface area contributed by atoms with Gasteiger partial charge in [-0.3, -0.25) is 0 Å². The Morgan fingerprint density at radius 3 is 1.39 bits per heavy atom. The van der Waals surface area contributed by atoms with Crippen molar-refractivity contribution in [2.24, 2.45) is 0 Å². The van der Waals surface area contributed by atoms with Crippen molar-refractivity contribution in [3.05, 3.63) is 271 Å². The molecule has 1 aliphatic rings. The zero-order valence-corrected chi connectivity index (χ0v) is 37.9. The summed E-state index contributed by atoms with van der Waals surface area (Å²) in [6.07, 6.45) is 0. The van der Waals surface area contributed by atoms with Gasteiger partial charge < -0.3 is 4.42 Å². The minimum Gasteiger partial charge on any atom is -0.456 e. The van der Waals surface area contributed by atoms with Crippen LogP contribution >= 0.6 is 0 Å². The van der Waals surface area contributed by atoms with Crippen molar-refractivity contribution >= 4 is 43.5 Å². The highest BCUT2D eigenvalue weighted by atomic mass is 16.3. The van der Waals surface area contributed by atoms with E-state index in [9.17, 15) is 0 Å². The lowest BCUT2D eigenvalue weighted by atomic mass is 9.67. The molecule has 0 bridgehead atoms. The van der Waals surface area contributed by atoms with Gasteiger partial charge in [-0.25, -0.2) is 15.0 Å². The van der Waals surface area contributed by atoms with Crippen LogP contribution < -0.4 is 0 Å². The fourth-order valence-corrected chi connectivity index (χ4v) is 11.4. The molecule has 0 aliphatic heterocycles. The first kappa shape index (κ1) is 39.9. The summed E-state index contributed by atoms with van der Waals surface area (Å²) in [5.74, 6) is 1.84. The van der Waals surface area contributed by atoms with Crippen LogP contribution in [0.4, 0.5) is 0 Å². The molecular weight excluding hydrogens is 851 g/mol. The van der Waals surface area contributed by atoms with E-state index >= 15 is 0 Å². The van der Waals surface area contributed by atoms with Crippen molar-refractivity contribution in [3.8, 4) is 67.5 Å². The van der Waals surface area contributed by atoms with E-state index in [-0.39, 0.29) is 0 Å². The maximum atomic E-state index is 6.57. The number of aromatic nitrogens is 3. The van der Waals surface area contributed by atoms with Gasteiger partial charge in [0.25, 0.3) is 0 Å². The normalized spacial score (nSPS) is 12.7. The van der Waals surface area contributed by atoms with Gasteiger partial charge in [-0.15, -0.1) is 0 Å². The van der Waals surface area contributed by atoms with Gasteiger partial charge >= 0.3 is 0 Å². The van der Waals surface area contributed by atoms with Gasteiger partial charge in [-0.2, -0.15) is 0 Å². The molecule has 0 atom stereocenters. The summed E-state index contributed by atoms with van der Waals surface area (Å²) in [4.78, 5) is 15.2. The molecule has 326 valence electrons. The predicted molar refractivity (Wildman–Crippen MR) is 287 cm³/mol. The second-order valence-corrected chi connectivity index (χ2v) is 18.2. The van der Waals surface area contributed by atoms with Crippen molar-refractivity contribution in [2.45, 2.75) is 5.41 Å². The number of fused-ring (bicyclic) bond motifs is 9. The van der Waals surface area contributed by atoms with E-state index < -0.39 is 5.41 Å². The van der Waals surface area contributed by atoms with Crippen LogP contribution in [0.1, 0.15) is 22.3 Å². The standard InChI is InChI=1S/C66H41N3O/c1-5-18-42(19-6-1)63-67-64(43-20-7-2-8-21-43)69-65(68-63)56-31-17-33-61-62(56)57-40-44(35-39-60(57)70-61)48-27-15-29-50-51-30-16-28-49(53(51)38-37-52(48)50)45-34-36-55-54-26-13-14-32-58(54)66(59(55)41-45,46-22-9-3-10-23-46)47-24-11-4-12-25-47/h1-41H. The van der Waals surface area contributed by atoms with Crippen LogP contribution in [0.2, 0.25) is 0 Å². The SMILES string of the molecule is c1ccc(-c2nc(-c3ccccc3)nc(-c3cccc4oc5ccc(-c6cccc7c6ccc6c(-c8ccc9c(c8)C(c8ccccc8)(c8ccccc8)c8ccccc8-9)cccc67)cc5c34)n2)cc1. The molecular formula is C66H41N3O. The Balaban J connectivity index is 0.911. The van der Waals surface area contributed by atoms with E-state index in [1.807, 2.05) is 72.8 Å². The van der Waals surface area contributed by atoms with Crippen LogP contribution in [0, 0.1) is 0 Å². The molecule has 0 saturated heterocycles. The third-order valence-corrected chi connectivity index (χ3v) is 14.4. The maximum absolute atomic E-state index is 6.57. The third kappa shape index (κ3) is 6.13. The minimum absolute atomic E-state index is 0.472. The summed E-state index contributed by atoms with van der Waals surface area (Å²) in [7, 11) is 0. The fourth-order valence-electron chi connectivity index (χ4n) is 11.4. The number of benzene rings is 11. The number of rotatable bonds is 7. The number of hydrogen-bond donors (Lipinski definition) is 0. The van der Waals surface area contributed by atoms with Crippen LogP contribution in [0.25, 0.3) is 111 Å². The van der Waals surface area contributed by atoms with Gasteiger partial charge in [-0.05, 0) is 101 Å². The molecule has 0 radical (unpaired) electrons. The highest BCUT2D eigenvalue weighted by Crippen LogP contribution is 2.57. The summed E-state index contributed by atoms with van der Waals surface area (Å²) in [6.45, 7) is 0. The Hall–Kier alpha value is -9.25. The topological polar surface area (TPSA) is 51.8 Å². The van der Waals surface area contributed by atoms with Crippen LogP contribution in [0.15, 0.2) is 253 Å². The number of nitrogens with zero attached hydrogens (tertiary/aromatic N) is 3. The number of hydrogen-bond acceptors (Lipinski definition) is 4. The first-order valence-corrected chi connectivity index (χ1v) is 23.8. The Kier molecular flexibility index (Phi) is 9.08. The Morgan fingerprint density at radius 1 is 0.271 bits per heavy atom. The summed E-state index contributed by atoms with van der Waals surface area (Å²) in [6, 6.07) is 89.1. The highest BCUT2D eigenvalue weighted by molar-refractivity contribution is 6.17. The summed E-state index contributed by atoms with van der Waals surface area (Å²) < 4.78 is 6.57. The minimum atomic E-state index is -0.472. The van der Waals surface area contributed by atoms with E-state index in [1.54, 1.807) is 0 Å². The molecule has 70 heavy (non-hydrogen) atoms. The van der Waals surface area contributed by atoms with Crippen molar-refractivity contribution in [1.29, 1.82) is 0 Å². The molecule has 0 N–H and O–H groups in total. The van der Waals surface area contributed by atoms with Crippen molar-refractivity contribution in [3.63, 3.8) is 0 Å². The second-order valence-electron chi connectivity index (χ2n) is 18.2. The average molecular weight is 892 g/mol. The molecule has 2 aromatic heterocycles. The van der Waals surface area contributed by atoms with Gasteiger partial charge in [0.1, 0.15) is 11.2 Å². The Labute approximate surface area is 404 Å². The molecule has 4 nitrogen and oxygen atoms in total. The van der Waals surface area contributed by atoms with E-state index in [4.69, 9.17) is 19.4 Å². The van der Waals surface area contributed by atoms with Crippen LogP contribution in [-0.2, 0) is 5.41 Å². The van der Waals surface area contributed by atoms with E-state index in [0.717, 1.165) is 49.8 Å². The molecule has 4 heteroatoms. The molecule has 11 aromatic carbocycles. The van der Waals surface area contributed by atoms with Crippen molar-refractivity contribution in [1.82, 2.24) is 15.0 Å². The highest BCUT2D eigenvalue weighted by Gasteiger charge is 2.46. The molecule has 14 rings (SSSR count). The summed E-state index contributed by atoms with van der Waals surface area (Å²) >= 11 is 0. The lowest BCUT2D eigenvalue weighted by Gasteiger charge is -2.34. The summed E-state index contributed by atoms with van der Waals surface area (Å²) in [5, 5.41) is 6.81. The zero-order valence-electron chi connectivity index (χ0n) is 37.9. The molecule has 13 aromatic rings. The Bertz CT molecular complexity index is 4070. The van der Waals surface area contributed by atoms with Crippen LogP contribution in [0.5, 0.6) is 0 Å². The maximum Gasteiger partial charge on any atom is 0.164 e. The van der Waals surface area contributed by atoms with Gasteiger partial charge in [0.05, 0.1) is 5.41 Å². The smallest absolute Gasteiger partial charge is 0.164 e. The third-order valence-electron chi connectivity index (χ3n) is 14.4. The van der Waals surface area contributed by atoms with Crippen LogP contribution in [0.3, 0.4) is 0 Å². The molecule has 1 aliphatic carbocycles. The molecule has 0 unspecified atom stereocenters. The molecule has 0 amide bonds. The van der Waals surface area contributed by atoms with Crippen molar-refractivity contribution < 1.29 is 4.42 Å². The first-order valence-electron chi connectivity index (χ1n) is 23.8. The molecule has 0 spiro atoms. The van der Waals surface area contributed by atoms with E-state index in [1.165, 1.54) is 66.1 Å². The fraction of sp³-hybridized carbons (Fsp3) is 0.0152. The lowest BCUT2D eigenvalue weighted by Crippen LogP contribution is -2.28. The summed E-state index contributed by atoms with van der Waals surface area (Å²) in [5.41, 5.74) is 16.2. The monoisotopic (exact) mass is 891 g/mol. The van der Waals surface area contributed by atoms with Gasteiger partial charge in [-0.1, -0.05) is 224 Å². The van der Waals surface area contributed by atoms with Gasteiger partial charge in [0.2, 0.25) is 0 Å².